The highest BCUT2D eigenvalue weighted by molar-refractivity contribution is 7.99. The largest absolute Gasteiger partial charge is 0.493 e. The topological polar surface area (TPSA) is 78.3 Å². The zero-order valence-corrected chi connectivity index (χ0v) is 18.1. The average molecular weight is 448 g/mol. The van der Waals surface area contributed by atoms with Crippen LogP contribution in [0.2, 0.25) is 0 Å². The molecule has 31 heavy (non-hydrogen) atoms. The van der Waals surface area contributed by atoms with Crippen LogP contribution in [-0.2, 0) is 11.3 Å². The van der Waals surface area contributed by atoms with E-state index in [0.29, 0.717) is 35.1 Å². The number of halogens is 2. The molecule has 1 amide bonds. The molecule has 3 aromatic rings. The van der Waals surface area contributed by atoms with Crippen molar-refractivity contribution in [3.8, 4) is 11.5 Å². The lowest BCUT2D eigenvalue weighted by Crippen LogP contribution is -2.16. The van der Waals surface area contributed by atoms with Gasteiger partial charge in [-0.2, -0.15) is 0 Å². The average Bonchev–Trinajstić information content (AvgIpc) is 3.17. The normalized spacial score (nSPS) is 11.8. The summed E-state index contributed by atoms with van der Waals surface area (Å²) in [4.78, 5) is 12.2. The van der Waals surface area contributed by atoms with E-state index >= 15 is 0 Å². The molecule has 1 unspecified atom stereocenters. The molecule has 2 aromatic carbocycles. The number of nitrogens with zero attached hydrogens (tertiary/aromatic N) is 3. The van der Waals surface area contributed by atoms with Gasteiger partial charge in [0.25, 0.3) is 0 Å². The van der Waals surface area contributed by atoms with Crippen molar-refractivity contribution in [1.29, 1.82) is 0 Å². The van der Waals surface area contributed by atoms with Crippen LogP contribution in [0.3, 0.4) is 0 Å². The van der Waals surface area contributed by atoms with Gasteiger partial charge in [0.05, 0.1) is 18.6 Å². The number of benzene rings is 2. The standard InChI is InChI=1S/C21H22F2N4O3S/c1-4-27-20(13(2)30-18-8-6-5-7-17(18)29-3)25-26-21(27)31-12-19(28)24-16-10-9-14(22)11-15(16)23/h5-11,13H,4,12H2,1-3H3,(H,24,28). The van der Waals surface area contributed by atoms with E-state index in [1.807, 2.05) is 30.5 Å². The van der Waals surface area contributed by atoms with Crippen LogP contribution >= 0.6 is 11.8 Å². The first kappa shape index (κ1) is 22.5. The molecule has 0 aliphatic heterocycles. The highest BCUT2D eigenvalue weighted by atomic mass is 32.2. The highest BCUT2D eigenvalue weighted by Crippen LogP contribution is 2.31. The molecule has 1 atom stereocenters. The van der Waals surface area contributed by atoms with E-state index in [4.69, 9.17) is 9.47 Å². The molecule has 0 spiro atoms. The minimum atomic E-state index is -0.834. The summed E-state index contributed by atoms with van der Waals surface area (Å²) in [5.74, 6) is -0.217. The van der Waals surface area contributed by atoms with E-state index in [-0.39, 0.29) is 11.4 Å². The van der Waals surface area contributed by atoms with Crippen LogP contribution in [0.5, 0.6) is 11.5 Å². The highest BCUT2D eigenvalue weighted by Gasteiger charge is 2.20. The van der Waals surface area contributed by atoms with Crippen LogP contribution in [0, 0.1) is 11.6 Å². The number of anilines is 1. The van der Waals surface area contributed by atoms with E-state index < -0.39 is 23.6 Å². The Morgan fingerprint density at radius 2 is 1.94 bits per heavy atom. The van der Waals surface area contributed by atoms with E-state index in [1.165, 1.54) is 6.07 Å². The molecular weight excluding hydrogens is 426 g/mol. The van der Waals surface area contributed by atoms with Gasteiger partial charge in [0.2, 0.25) is 5.91 Å². The molecule has 1 N–H and O–H groups in total. The monoisotopic (exact) mass is 448 g/mol. The third kappa shape index (κ3) is 5.52. The number of rotatable bonds is 9. The molecule has 1 heterocycles. The number of carbonyl (C=O) groups excluding carboxylic acids is 1. The number of hydrogen-bond donors (Lipinski definition) is 1. The van der Waals surface area contributed by atoms with Gasteiger partial charge in [0, 0.05) is 12.6 Å². The molecule has 1 aromatic heterocycles. The predicted molar refractivity (Wildman–Crippen MR) is 113 cm³/mol. The Morgan fingerprint density at radius 1 is 1.19 bits per heavy atom. The summed E-state index contributed by atoms with van der Waals surface area (Å²) >= 11 is 1.16. The molecule has 0 saturated carbocycles. The summed E-state index contributed by atoms with van der Waals surface area (Å²) in [5.41, 5.74) is -0.0801. The minimum absolute atomic E-state index is 0.0172. The van der Waals surface area contributed by atoms with Crippen LogP contribution in [0.15, 0.2) is 47.6 Å². The summed E-state index contributed by atoms with van der Waals surface area (Å²) in [7, 11) is 1.57. The van der Waals surface area contributed by atoms with Crippen molar-refractivity contribution in [2.45, 2.75) is 31.7 Å². The van der Waals surface area contributed by atoms with Crippen molar-refractivity contribution in [2.24, 2.45) is 0 Å². The predicted octanol–water partition coefficient (Wildman–Crippen LogP) is 4.46. The maximum absolute atomic E-state index is 13.7. The number of hydrogen-bond acceptors (Lipinski definition) is 6. The lowest BCUT2D eigenvalue weighted by atomic mass is 10.3. The molecule has 164 valence electrons. The Morgan fingerprint density at radius 3 is 2.61 bits per heavy atom. The van der Waals surface area contributed by atoms with Gasteiger partial charge in [-0.05, 0) is 38.1 Å². The molecule has 10 heteroatoms. The van der Waals surface area contributed by atoms with Gasteiger partial charge in [-0.1, -0.05) is 23.9 Å². The second kappa shape index (κ2) is 10.3. The first-order valence-corrected chi connectivity index (χ1v) is 10.5. The molecule has 0 aliphatic carbocycles. The summed E-state index contributed by atoms with van der Waals surface area (Å²) in [6.45, 7) is 4.35. The van der Waals surface area contributed by atoms with Gasteiger partial charge >= 0.3 is 0 Å². The molecule has 0 bridgehead atoms. The summed E-state index contributed by atoms with van der Waals surface area (Å²) < 4.78 is 39.8. The molecule has 0 fully saturated rings. The number of carbonyl (C=O) groups is 1. The number of ether oxygens (including phenoxy) is 2. The number of methoxy groups -OCH3 is 1. The number of para-hydroxylation sites is 2. The Labute approximate surface area is 182 Å². The molecule has 0 radical (unpaired) electrons. The van der Waals surface area contributed by atoms with Crippen LogP contribution in [0.1, 0.15) is 25.8 Å². The van der Waals surface area contributed by atoms with Crippen LogP contribution in [0.4, 0.5) is 14.5 Å². The van der Waals surface area contributed by atoms with Crippen molar-refractivity contribution in [2.75, 3.05) is 18.2 Å². The van der Waals surface area contributed by atoms with Crippen molar-refractivity contribution >= 4 is 23.4 Å². The van der Waals surface area contributed by atoms with Gasteiger partial charge in [-0.3, -0.25) is 4.79 Å². The zero-order chi connectivity index (χ0) is 22.4. The minimum Gasteiger partial charge on any atom is -0.493 e. The second-order valence-electron chi connectivity index (χ2n) is 6.46. The van der Waals surface area contributed by atoms with Crippen LogP contribution in [0.25, 0.3) is 0 Å². The molecule has 0 saturated heterocycles. The Hall–Kier alpha value is -3.14. The van der Waals surface area contributed by atoms with Gasteiger partial charge in [-0.25, -0.2) is 8.78 Å². The quantitative estimate of drug-likeness (QED) is 0.487. The Balaban J connectivity index is 1.66. The fraction of sp³-hybridized carbons (Fsp3) is 0.286. The van der Waals surface area contributed by atoms with Crippen molar-refractivity contribution in [1.82, 2.24) is 14.8 Å². The van der Waals surface area contributed by atoms with Crippen molar-refractivity contribution < 1.29 is 23.0 Å². The zero-order valence-electron chi connectivity index (χ0n) is 17.3. The smallest absolute Gasteiger partial charge is 0.234 e. The lowest BCUT2D eigenvalue weighted by molar-refractivity contribution is -0.113. The SMILES string of the molecule is CCn1c(SCC(=O)Nc2ccc(F)cc2F)nnc1C(C)Oc1ccccc1OC. The number of aromatic nitrogens is 3. The lowest BCUT2D eigenvalue weighted by Gasteiger charge is -2.17. The van der Waals surface area contributed by atoms with E-state index in [1.54, 1.807) is 19.2 Å². The van der Waals surface area contributed by atoms with Gasteiger partial charge in [0.1, 0.15) is 11.6 Å². The van der Waals surface area contributed by atoms with Gasteiger partial charge in [-0.15, -0.1) is 10.2 Å². The maximum atomic E-state index is 13.7. The third-order valence-electron chi connectivity index (χ3n) is 4.34. The Bertz CT molecular complexity index is 1060. The number of thioether (sulfide) groups is 1. The van der Waals surface area contributed by atoms with Gasteiger partial charge < -0.3 is 19.4 Å². The number of nitrogens with one attached hydrogen (secondary N) is 1. The number of amides is 1. The first-order chi connectivity index (χ1) is 14.9. The summed E-state index contributed by atoms with van der Waals surface area (Å²) in [6.07, 6.45) is -0.416. The summed E-state index contributed by atoms with van der Waals surface area (Å²) in [6, 6.07) is 10.3. The second-order valence-corrected chi connectivity index (χ2v) is 7.40. The molecular formula is C21H22F2N4O3S. The van der Waals surface area contributed by atoms with Crippen LogP contribution < -0.4 is 14.8 Å². The van der Waals surface area contributed by atoms with E-state index in [0.717, 1.165) is 17.8 Å². The maximum Gasteiger partial charge on any atom is 0.234 e. The Kier molecular flexibility index (Phi) is 7.45. The van der Waals surface area contributed by atoms with Crippen molar-refractivity contribution in [3.05, 3.63) is 59.9 Å². The fourth-order valence-electron chi connectivity index (χ4n) is 2.87. The van der Waals surface area contributed by atoms with E-state index in [9.17, 15) is 13.6 Å². The van der Waals surface area contributed by atoms with Gasteiger partial charge in [0.15, 0.2) is 28.6 Å². The fourth-order valence-corrected chi connectivity index (χ4v) is 3.68. The molecule has 3 rings (SSSR count). The molecule has 7 nitrogen and oxygen atoms in total. The summed E-state index contributed by atoms with van der Waals surface area (Å²) in [5, 5.41) is 11.3. The first-order valence-electron chi connectivity index (χ1n) is 9.53. The van der Waals surface area contributed by atoms with E-state index in [2.05, 4.69) is 15.5 Å². The van der Waals surface area contributed by atoms with Crippen LogP contribution in [-0.4, -0.2) is 33.5 Å². The third-order valence-corrected chi connectivity index (χ3v) is 5.30. The molecule has 0 aliphatic rings. The van der Waals surface area contributed by atoms with Crippen molar-refractivity contribution in [3.63, 3.8) is 0 Å².